The molecule has 2 aromatic heterocycles. The molecule has 2 heterocycles. The minimum atomic E-state index is 1.08. The van der Waals surface area contributed by atoms with Gasteiger partial charge in [0.1, 0.15) is 0 Å². The predicted molar refractivity (Wildman–Crippen MR) is 149 cm³/mol. The van der Waals surface area contributed by atoms with Crippen LogP contribution in [-0.4, -0.2) is 9.13 Å². The molecule has 0 saturated heterocycles. The third kappa shape index (κ3) is 3.16. The molecule has 34 heavy (non-hydrogen) atoms. The minimum Gasteiger partial charge on any atom is -0.313 e. The lowest BCUT2D eigenvalue weighted by atomic mass is 10.1. The Hall–Kier alpha value is -3.82. The average Bonchev–Trinajstić information content (AvgIpc) is 3.34. The zero-order valence-corrected chi connectivity index (χ0v) is 20.5. The van der Waals surface area contributed by atoms with Crippen molar-refractivity contribution in [2.45, 2.75) is 6.92 Å². The van der Waals surface area contributed by atoms with E-state index in [4.69, 9.17) is 0 Å². The van der Waals surface area contributed by atoms with E-state index in [-0.39, 0.29) is 0 Å². The van der Waals surface area contributed by atoms with Crippen LogP contribution in [0.15, 0.2) is 114 Å². The maximum absolute atomic E-state index is 3.85. The van der Waals surface area contributed by atoms with Gasteiger partial charge in [-0.3, -0.25) is 0 Å². The number of aromatic nitrogens is 2. The molecule has 0 radical (unpaired) electrons. The highest BCUT2D eigenvalue weighted by Crippen LogP contribution is 2.36. The smallest absolute Gasteiger partial charge is 0.0542 e. The van der Waals surface area contributed by atoms with Crippen molar-refractivity contribution in [3.05, 3.63) is 125 Å². The van der Waals surface area contributed by atoms with Gasteiger partial charge in [0.05, 0.1) is 16.6 Å². The molecular formula is C31H23BrN2. The molecule has 0 amide bonds. The normalized spacial score (nSPS) is 11.8. The van der Waals surface area contributed by atoms with Crippen LogP contribution in [0.4, 0.5) is 0 Å². The summed E-state index contributed by atoms with van der Waals surface area (Å²) >= 11 is 3.57. The van der Waals surface area contributed by atoms with Gasteiger partial charge in [-0.2, -0.15) is 0 Å². The lowest BCUT2D eigenvalue weighted by molar-refractivity contribution is 1.05. The van der Waals surface area contributed by atoms with Crippen molar-refractivity contribution in [1.82, 2.24) is 9.13 Å². The molecule has 0 fully saturated rings. The van der Waals surface area contributed by atoms with Gasteiger partial charge in [-0.25, -0.2) is 0 Å². The highest BCUT2D eigenvalue weighted by Gasteiger charge is 2.16. The van der Waals surface area contributed by atoms with E-state index < -0.39 is 0 Å². The number of rotatable bonds is 4. The van der Waals surface area contributed by atoms with E-state index in [0.29, 0.717) is 0 Å². The van der Waals surface area contributed by atoms with Crippen molar-refractivity contribution in [2.24, 2.45) is 0 Å². The van der Waals surface area contributed by atoms with Gasteiger partial charge in [0, 0.05) is 43.3 Å². The minimum absolute atomic E-state index is 1.08. The van der Waals surface area contributed by atoms with Crippen LogP contribution in [0.25, 0.3) is 50.2 Å². The number of para-hydroxylation sites is 2. The van der Waals surface area contributed by atoms with Crippen LogP contribution >= 0.6 is 15.9 Å². The first-order valence-corrected chi connectivity index (χ1v) is 12.2. The number of fused-ring (bicyclic) bond motifs is 4. The molecule has 0 N–H and O–H groups in total. The molecule has 4 aromatic carbocycles. The van der Waals surface area contributed by atoms with Gasteiger partial charge >= 0.3 is 0 Å². The Labute approximate surface area is 207 Å². The summed E-state index contributed by atoms with van der Waals surface area (Å²) in [6.45, 7) is 6.04. The molecule has 164 valence electrons. The zero-order chi connectivity index (χ0) is 23.2. The number of benzene rings is 4. The predicted octanol–water partition coefficient (Wildman–Crippen LogP) is 9.00. The second kappa shape index (κ2) is 8.19. The van der Waals surface area contributed by atoms with Crippen LogP contribution in [-0.2, 0) is 0 Å². The fourth-order valence-electron chi connectivity index (χ4n) is 5.07. The number of hydrogen-bond acceptors (Lipinski definition) is 0. The third-order valence-electron chi connectivity index (χ3n) is 6.56. The lowest BCUT2D eigenvalue weighted by Crippen LogP contribution is -1.97. The van der Waals surface area contributed by atoms with Gasteiger partial charge in [-0.15, -0.1) is 0 Å². The van der Waals surface area contributed by atoms with Gasteiger partial charge in [0.2, 0.25) is 0 Å². The van der Waals surface area contributed by atoms with Gasteiger partial charge in [0.25, 0.3) is 0 Å². The van der Waals surface area contributed by atoms with Crippen molar-refractivity contribution >= 4 is 54.7 Å². The molecule has 0 bridgehead atoms. The summed E-state index contributed by atoms with van der Waals surface area (Å²) in [7, 11) is 0. The van der Waals surface area contributed by atoms with Crippen molar-refractivity contribution < 1.29 is 0 Å². The number of hydrogen-bond donors (Lipinski definition) is 0. The monoisotopic (exact) mass is 502 g/mol. The second-order valence-electron chi connectivity index (χ2n) is 8.48. The van der Waals surface area contributed by atoms with E-state index in [0.717, 1.165) is 15.8 Å². The fraction of sp³-hybridized carbons (Fsp3) is 0.0323. The maximum atomic E-state index is 3.85. The topological polar surface area (TPSA) is 9.86 Å². The molecule has 0 aliphatic rings. The average molecular weight is 503 g/mol. The zero-order valence-electron chi connectivity index (χ0n) is 18.9. The second-order valence-corrected chi connectivity index (χ2v) is 9.39. The summed E-state index contributed by atoms with van der Waals surface area (Å²) < 4.78 is 5.79. The van der Waals surface area contributed by atoms with Crippen molar-refractivity contribution in [2.75, 3.05) is 0 Å². The van der Waals surface area contributed by atoms with Crippen LogP contribution in [0, 0.1) is 6.92 Å². The molecule has 0 spiro atoms. The summed E-state index contributed by atoms with van der Waals surface area (Å²) in [6.07, 6.45) is 5.99. The molecule has 0 saturated carbocycles. The van der Waals surface area contributed by atoms with E-state index in [1.54, 1.807) is 0 Å². The van der Waals surface area contributed by atoms with E-state index in [1.807, 2.05) is 12.2 Å². The van der Waals surface area contributed by atoms with Crippen LogP contribution in [0.3, 0.4) is 0 Å². The molecule has 0 aliphatic heterocycles. The fourth-order valence-corrected chi connectivity index (χ4v) is 5.33. The Balaban J connectivity index is 1.65. The Bertz CT molecular complexity index is 1730. The van der Waals surface area contributed by atoms with Crippen LogP contribution in [0.5, 0.6) is 0 Å². The van der Waals surface area contributed by atoms with Crippen LogP contribution in [0.2, 0.25) is 0 Å². The lowest BCUT2D eigenvalue weighted by Gasteiger charge is -2.11. The van der Waals surface area contributed by atoms with Crippen LogP contribution < -0.4 is 0 Å². The van der Waals surface area contributed by atoms with E-state index in [1.165, 1.54) is 44.0 Å². The summed E-state index contributed by atoms with van der Waals surface area (Å²) in [5.74, 6) is 0. The molecule has 0 atom stereocenters. The van der Waals surface area contributed by atoms with Gasteiger partial charge in [-0.05, 0) is 61.5 Å². The summed E-state index contributed by atoms with van der Waals surface area (Å²) in [4.78, 5) is 0. The first-order chi connectivity index (χ1) is 16.7. The largest absolute Gasteiger partial charge is 0.313 e. The van der Waals surface area contributed by atoms with Gasteiger partial charge < -0.3 is 9.13 Å². The van der Waals surface area contributed by atoms with E-state index in [9.17, 15) is 0 Å². The molecular weight excluding hydrogens is 480 g/mol. The molecule has 0 aliphatic carbocycles. The van der Waals surface area contributed by atoms with Crippen molar-refractivity contribution in [3.8, 4) is 11.4 Å². The van der Waals surface area contributed by atoms with E-state index >= 15 is 0 Å². The number of allylic oxidation sites excluding steroid dienone is 2. The number of nitrogens with zero attached hydrogens (tertiary/aromatic N) is 2. The van der Waals surface area contributed by atoms with E-state index in [2.05, 4.69) is 136 Å². The van der Waals surface area contributed by atoms with Gasteiger partial charge in [0.15, 0.2) is 0 Å². The quantitative estimate of drug-likeness (QED) is 0.213. The SMILES string of the molecule is C=C/C=C\c1c(C)n(-c2ccc3c(c2)c2ccccc2n3-c2ccc(Br)cc2)c2ccccc12. The summed E-state index contributed by atoms with van der Waals surface area (Å²) in [5, 5.41) is 3.75. The Kier molecular flexibility index (Phi) is 5.00. The van der Waals surface area contributed by atoms with Gasteiger partial charge in [-0.1, -0.05) is 77.1 Å². The maximum Gasteiger partial charge on any atom is 0.0542 e. The van der Waals surface area contributed by atoms with Crippen molar-refractivity contribution in [3.63, 3.8) is 0 Å². The molecule has 2 nitrogen and oxygen atoms in total. The first kappa shape index (κ1) is 20.8. The summed E-state index contributed by atoms with van der Waals surface area (Å²) in [5.41, 5.74) is 8.39. The van der Waals surface area contributed by atoms with Crippen LogP contribution in [0.1, 0.15) is 11.3 Å². The highest BCUT2D eigenvalue weighted by molar-refractivity contribution is 9.10. The van der Waals surface area contributed by atoms with Crippen molar-refractivity contribution in [1.29, 1.82) is 0 Å². The Morgan fingerprint density at radius 3 is 2.03 bits per heavy atom. The molecule has 6 rings (SSSR count). The molecule has 6 aromatic rings. The first-order valence-electron chi connectivity index (χ1n) is 11.4. The molecule has 3 heteroatoms. The summed E-state index contributed by atoms with van der Waals surface area (Å²) in [6, 6.07) is 32.6. The Morgan fingerprint density at radius 1 is 0.676 bits per heavy atom. The Morgan fingerprint density at radius 2 is 1.29 bits per heavy atom. The standard InChI is InChI=1S/C31H23BrN2/c1-3-4-9-25-21(2)33(29-12-7-5-10-26(25)29)24-18-19-31-28(20-24)27-11-6-8-13-30(27)34(31)23-16-14-22(32)15-17-23/h3-20H,1H2,2H3/b9-4-. The third-order valence-corrected chi connectivity index (χ3v) is 7.09. The number of halogens is 1. The highest BCUT2D eigenvalue weighted by atomic mass is 79.9. The molecule has 0 unspecified atom stereocenters.